The summed E-state index contributed by atoms with van der Waals surface area (Å²) >= 11 is 0. The second-order valence-corrected chi connectivity index (χ2v) is 5.07. The molecule has 0 aliphatic carbocycles. The van der Waals surface area contributed by atoms with Gasteiger partial charge in [-0.1, -0.05) is 48.5 Å². The summed E-state index contributed by atoms with van der Waals surface area (Å²) in [5.41, 5.74) is 1.07. The number of carbonyl (C=O) groups is 1. The third-order valence-electron chi connectivity index (χ3n) is 3.91. The monoisotopic (exact) mass is 295 g/mol. The molecule has 0 fully saturated rings. The molecule has 1 unspecified atom stereocenters. The maximum absolute atomic E-state index is 12.8. The highest BCUT2D eigenvalue weighted by Crippen LogP contribution is 2.37. The first-order chi connectivity index (χ1) is 10.7. The molecule has 3 heteroatoms. The maximum atomic E-state index is 12.8. The van der Waals surface area contributed by atoms with Crippen LogP contribution in [0.5, 0.6) is 5.75 Å². The van der Waals surface area contributed by atoms with Crippen molar-refractivity contribution >= 4 is 5.91 Å². The molecule has 0 heterocycles. The van der Waals surface area contributed by atoms with Gasteiger partial charge in [0.2, 0.25) is 5.91 Å². The summed E-state index contributed by atoms with van der Waals surface area (Å²) < 4.78 is 5.21. The van der Waals surface area contributed by atoms with E-state index in [2.05, 4.69) is 11.9 Å². The zero-order chi connectivity index (χ0) is 16.0. The summed E-state index contributed by atoms with van der Waals surface area (Å²) in [6, 6.07) is 17.4. The van der Waals surface area contributed by atoms with Gasteiger partial charge in [0.25, 0.3) is 0 Å². The van der Waals surface area contributed by atoms with Crippen LogP contribution in [-0.4, -0.2) is 20.1 Å². The van der Waals surface area contributed by atoms with Gasteiger partial charge < -0.3 is 10.1 Å². The molecule has 2 aromatic rings. The average Bonchev–Trinajstić information content (AvgIpc) is 2.60. The second-order valence-electron chi connectivity index (χ2n) is 5.07. The van der Waals surface area contributed by atoms with E-state index in [-0.39, 0.29) is 5.91 Å². The highest BCUT2D eigenvalue weighted by molar-refractivity contribution is 5.92. The molecule has 0 radical (unpaired) electrons. The summed E-state index contributed by atoms with van der Waals surface area (Å²) in [5, 5.41) is 2.80. The molecule has 3 nitrogen and oxygen atoms in total. The van der Waals surface area contributed by atoms with Crippen LogP contribution < -0.4 is 10.1 Å². The van der Waals surface area contributed by atoms with E-state index in [0.717, 1.165) is 16.9 Å². The molecule has 1 atom stereocenters. The number of amides is 1. The van der Waals surface area contributed by atoms with Gasteiger partial charge in [-0.25, -0.2) is 0 Å². The molecule has 114 valence electrons. The number of benzene rings is 2. The first kappa shape index (κ1) is 15.8. The van der Waals surface area contributed by atoms with Crippen LogP contribution in [0.15, 0.2) is 67.3 Å². The highest BCUT2D eigenvalue weighted by atomic mass is 16.5. The van der Waals surface area contributed by atoms with Gasteiger partial charge in [-0.15, -0.1) is 6.58 Å². The number of hydrogen-bond donors (Lipinski definition) is 1. The molecule has 0 saturated carbocycles. The van der Waals surface area contributed by atoms with Crippen molar-refractivity contribution in [1.29, 1.82) is 0 Å². The molecule has 0 bridgehead atoms. The summed E-state index contributed by atoms with van der Waals surface area (Å²) in [5.74, 6) is 0.713. The number of ether oxygens (including phenoxy) is 1. The zero-order valence-corrected chi connectivity index (χ0v) is 13.0. The quantitative estimate of drug-likeness (QED) is 0.830. The third-order valence-corrected chi connectivity index (χ3v) is 3.91. The molecule has 1 amide bonds. The Morgan fingerprint density at radius 2 is 1.73 bits per heavy atom. The molecule has 0 aliphatic rings. The number of likely N-dealkylation sites (N-methyl/N-ethyl adjacent to an activating group) is 1. The van der Waals surface area contributed by atoms with Crippen LogP contribution in [0.2, 0.25) is 0 Å². The van der Waals surface area contributed by atoms with Gasteiger partial charge >= 0.3 is 0 Å². The zero-order valence-electron chi connectivity index (χ0n) is 13.0. The van der Waals surface area contributed by atoms with E-state index < -0.39 is 5.41 Å². The molecular formula is C19H21NO2. The Morgan fingerprint density at radius 3 is 2.23 bits per heavy atom. The van der Waals surface area contributed by atoms with Crippen molar-refractivity contribution in [3.63, 3.8) is 0 Å². The Balaban J connectivity index is 2.66. The second kappa shape index (κ2) is 6.94. The first-order valence-electron chi connectivity index (χ1n) is 7.22. The molecule has 22 heavy (non-hydrogen) atoms. The van der Waals surface area contributed by atoms with Crippen molar-refractivity contribution in [2.75, 3.05) is 14.2 Å². The lowest BCUT2D eigenvalue weighted by molar-refractivity contribution is -0.124. The number of nitrogens with one attached hydrogen (secondary N) is 1. The Kier molecular flexibility index (Phi) is 4.99. The van der Waals surface area contributed by atoms with E-state index >= 15 is 0 Å². The minimum absolute atomic E-state index is 0.0521. The minimum Gasteiger partial charge on any atom is -0.497 e. The van der Waals surface area contributed by atoms with E-state index in [1.54, 1.807) is 20.2 Å². The molecule has 0 aliphatic heterocycles. The van der Waals surface area contributed by atoms with Crippen LogP contribution in [0.3, 0.4) is 0 Å². The number of rotatable bonds is 6. The van der Waals surface area contributed by atoms with Gasteiger partial charge in [-0.05, 0) is 29.7 Å². The molecule has 2 rings (SSSR count). The lowest BCUT2D eigenvalue weighted by Gasteiger charge is -2.32. The fourth-order valence-electron chi connectivity index (χ4n) is 2.79. The van der Waals surface area contributed by atoms with Crippen LogP contribution in [0, 0.1) is 0 Å². The van der Waals surface area contributed by atoms with E-state index in [9.17, 15) is 4.79 Å². The van der Waals surface area contributed by atoms with Gasteiger partial charge in [0.15, 0.2) is 0 Å². The average molecular weight is 295 g/mol. The molecule has 1 N–H and O–H groups in total. The Labute approximate surface area is 131 Å². The Morgan fingerprint density at radius 1 is 1.14 bits per heavy atom. The molecular weight excluding hydrogens is 274 g/mol. The van der Waals surface area contributed by atoms with E-state index in [1.165, 1.54) is 0 Å². The van der Waals surface area contributed by atoms with Gasteiger partial charge in [0, 0.05) is 7.05 Å². The summed E-state index contributed by atoms with van der Waals surface area (Å²) in [6.07, 6.45) is 2.30. The fourth-order valence-corrected chi connectivity index (χ4v) is 2.79. The smallest absolute Gasteiger partial charge is 0.235 e. The van der Waals surface area contributed by atoms with Crippen LogP contribution in [-0.2, 0) is 10.2 Å². The maximum Gasteiger partial charge on any atom is 0.235 e. The van der Waals surface area contributed by atoms with Crippen molar-refractivity contribution in [2.24, 2.45) is 0 Å². The SMILES string of the molecule is C=CCC(C(=O)NC)(c1ccccc1)c1ccc(OC)cc1. The molecule has 0 spiro atoms. The fraction of sp³-hybridized carbons (Fsp3) is 0.211. The lowest BCUT2D eigenvalue weighted by Crippen LogP contribution is -2.43. The standard InChI is InChI=1S/C19H21NO2/c1-4-14-19(18(21)20-2,15-8-6-5-7-9-15)16-10-12-17(22-3)13-11-16/h4-13H,1,14H2,2-3H3,(H,20,21). The normalized spacial score (nSPS) is 13.0. The van der Waals surface area contributed by atoms with Crippen LogP contribution >= 0.6 is 0 Å². The topological polar surface area (TPSA) is 38.3 Å². The van der Waals surface area contributed by atoms with E-state index in [4.69, 9.17) is 4.74 Å². The van der Waals surface area contributed by atoms with Gasteiger partial charge in [-0.2, -0.15) is 0 Å². The summed E-state index contributed by atoms with van der Waals surface area (Å²) in [7, 11) is 3.29. The van der Waals surface area contributed by atoms with Gasteiger partial charge in [0.1, 0.15) is 11.2 Å². The Hall–Kier alpha value is -2.55. The lowest BCUT2D eigenvalue weighted by atomic mass is 9.71. The summed E-state index contributed by atoms with van der Waals surface area (Å²) in [4.78, 5) is 12.8. The summed E-state index contributed by atoms with van der Waals surface area (Å²) in [6.45, 7) is 3.84. The van der Waals surface area contributed by atoms with E-state index in [0.29, 0.717) is 6.42 Å². The van der Waals surface area contributed by atoms with Gasteiger partial charge in [-0.3, -0.25) is 4.79 Å². The largest absolute Gasteiger partial charge is 0.497 e. The van der Waals surface area contributed by atoms with Crippen LogP contribution in [0.4, 0.5) is 0 Å². The molecule has 0 saturated heterocycles. The van der Waals surface area contributed by atoms with Crippen molar-refractivity contribution in [2.45, 2.75) is 11.8 Å². The van der Waals surface area contributed by atoms with Crippen LogP contribution in [0.1, 0.15) is 17.5 Å². The Bertz CT molecular complexity index is 634. The molecule has 0 aromatic heterocycles. The third kappa shape index (κ3) is 2.75. The van der Waals surface area contributed by atoms with Crippen molar-refractivity contribution in [3.8, 4) is 5.75 Å². The van der Waals surface area contributed by atoms with Crippen molar-refractivity contribution in [3.05, 3.63) is 78.4 Å². The number of hydrogen-bond acceptors (Lipinski definition) is 2. The highest BCUT2D eigenvalue weighted by Gasteiger charge is 2.40. The predicted molar refractivity (Wildman–Crippen MR) is 89.1 cm³/mol. The van der Waals surface area contributed by atoms with E-state index in [1.807, 2.05) is 54.6 Å². The predicted octanol–water partition coefficient (Wildman–Crippen LogP) is 3.30. The first-order valence-corrected chi connectivity index (χ1v) is 7.22. The van der Waals surface area contributed by atoms with Crippen molar-refractivity contribution < 1.29 is 9.53 Å². The number of methoxy groups -OCH3 is 1. The minimum atomic E-state index is -0.788. The van der Waals surface area contributed by atoms with Gasteiger partial charge in [0.05, 0.1) is 7.11 Å². The molecule has 2 aromatic carbocycles. The van der Waals surface area contributed by atoms with Crippen LogP contribution in [0.25, 0.3) is 0 Å². The number of carbonyl (C=O) groups excluding carboxylic acids is 1. The number of allylic oxidation sites excluding steroid dienone is 1. The van der Waals surface area contributed by atoms with Crippen molar-refractivity contribution in [1.82, 2.24) is 5.32 Å².